The third-order valence-electron chi connectivity index (χ3n) is 11.8. The van der Waals surface area contributed by atoms with Gasteiger partial charge in [-0.15, -0.1) is 0 Å². The molecule has 2 aliphatic carbocycles. The molecule has 0 unspecified atom stereocenters. The number of benzene rings is 8. The zero-order valence-corrected chi connectivity index (χ0v) is 36.9. The van der Waals surface area contributed by atoms with E-state index in [-0.39, 0.29) is 23.1 Å². The van der Waals surface area contributed by atoms with Crippen LogP contribution in [0.15, 0.2) is 196 Å². The fraction of sp³-hybridized carbons (Fsp3) is 0. The second kappa shape index (κ2) is 19.0. The Kier molecular flexibility index (Phi) is 12.2. The Labute approximate surface area is 394 Å². The Bertz CT molecular complexity index is 3130. The van der Waals surface area contributed by atoms with Gasteiger partial charge in [-0.1, -0.05) is 148 Å². The molecule has 0 amide bonds. The van der Waals surface area contributed by atoms with E-state index in [0.717, 1.165) is 45.0 Å². The van der Waals surface area contributed by atoms with Gasteiger partial charge in [0.15, 0.2) is 23.1 Å². The topological polar surface area (TPSA) is 116 Å². The maximum absolute atomic E-state index is 13.8. The first-order valence-electron chi connectivity index (χ1n) is 21.9. The van der Waals surface area contributed by atoms with Crippen LogP contribution in [0.25, 0.3) is 24.3 Å². The van der Waals surface area contributed by atoms with Crippen LogP contribution in [0.1, 0.15) is 85.9 Å². The van der Waals surface area contributed by atoms with Crippen molar-refractivity contribution in [3.05, 3.63) is 263 Å². The van der Waals surface area contributed by atoms with E-state index < -0.39 is 0 Å². The molecule has 0 heterocycles. The zero-order chi connectivity index (χ0) is 47.3. The van der Waals surface area contributed by atoms with Gasteiger partial charge in [-0.2, -0.15) is 0 Å². The summed E-state index contributed by atoms with van der Waals surface area (Å²) in [5.41, 5.74) is 12.7. The summed E-state index contributed by atoms with van der Waals surface area (Å²) in [4.78, 5) is 54.4. The molecule has 8 aromatic carbocycles. The molecule has 10 rings (SSSR count). The number of ketones is 4. The molecule has 0 saturated heterocycles. The Balaban J connectivity index is 0.000000170. The lowest BCUT2D eigenvalue weighted by Crippen LogP contribution is -2.23. The number of carbonyl (C=O) groups excluding carboxylic acids is 4. The second-order valence-corrected chi connectivity index (χ2v) is 16.0. The number of nitrogens with one attached hydrogen (secondary N) is 4. The van der Waals surface area contributed by atoms with E-state index in [1.54, 1.807) is 72.8 Å². The first kappa shape index (κ1) is 43.8. The monoisotopic (exact) mass is 884 g/mol. The molecule has 0 radical (unpaired) electrons. The van der Waals surface area contributed by atoms with Crippen LogP contribution in [0.4, 0.5) is 45.5 Å². The molecule has 0 spiro atoms. The van der Waals surface area contributed by atoms with Crippen LogP contribution in [0.3, 0.4) is 0 Å². The van der Waals surface area contributed by atoms with Gasteiger partial charge in [0.05, 0.1) is 45.0 Å². The highest BCUT2D eigenvalue weighted by atomic mass is 16.1. The molecule has 8 nitrogen and oxygen atoms in total. The standard InChI is InChI=1S/2C30H22N2O2/c1-3-19-11-15-21(16-12-19)31-25-9-5-7-23-27(25)30(34)28-24(29(23)33)8-6-10-26(28)32-22-17-13-20(4-2)14-18-22;1-3-19-9-13-21(14-10-19)31-25-17-18-26(32-22-15-11-20(4-2)12-16-22)28-27(25)29(33)23-7-5-6-8-24(23)30(28)34/h2*3-18,31-32H,1-2H2. The predicted molar refractivity (Wildman–Crippen MR) is 279 cm³/mol. The van der Waals surface area contributed by atoms with Crippen LogP contribution >= 0.6 is 0 Å². The van der Waals surface area contributed by atoms with Crippen molar-refractivity contribution in [1.29, 1.82) is 0 Å². The van der Waals surface area contributed by atoms with E-state index in [1.807, 2.05) is 121 Å². The van der Waals surface area contributed by atoms with E-state index in [9.17, 15) is 19.2 Å². The van der Waals surface area contributed by atoms with Crippen molar-refractivity contribution < 1.29 is 19.2 Å². The van der Waals surface area contributed by atoms with Crippen molar-refractivity contribution in [3.63, 3.8) is 0 Å². The predicted octanol–water partition coefficient (Wildman–Crippen LogP) is 14.5. The minimum Gasteiger partial charge on any atom is -0.355 e. The maximum atomic E-state index is 13.8. The summed E-state index contributed by atoms with van der Waals surface area (Å²) in [6.07, 6.45) is 7.08. The summed E-state index contributed by atoms with van der Waals surface area (Å²) < 4.78 is 0. The van der Waals surface area contributed by atoms with E-state index >= 15 is 0 Å². The summed E-state index contributed by atoms with van der Waals surface area (Å²) in [6, 6.07) is 52.1. The van der Waals surface area contributed by atoms with Gasteiger partial charge in [-0.3, -0.25) is 19.2 Å². The molecule has 0 aliphatic heterocycles. The lowest BCUT2D eigenvalue weighted by molar-refractivity contribution is 0.0980. The third-order valence-corrected chi connectivity index (χ3v) is 11.8. The molecule has 68 heavy (non-hydrogen) atoms. The molecule has 8 aromatic rings. The summed E-state index contributed by atoms with van der Waals surface area (Å²) in [7, 11) is 0. The molecule has 8 heteroatoms. The number of anilines is 8. The first-order chi connectivity index (χ1) is 33.2. The van der Waals surface area contributed by atoms with E-state index in [1.165, 1.54) is 0 Å². The van der Waals surface area contributed by atoms with Gasteiger partial charge >= 0.3 is 0 Å². The highest BCUT2D eigenvalue weighted by Crippen LogP contribution is 2.40. The molecule has 0 bridgehead atoms. The fourth-order valence-electron chi connectivity index (χ4n) is 8.31. The van der Waals surface area contributed by atoms with Crippen LogP contribution in [0.2, 0.25) is 0 Å². The normalized spacial score (nSPS) is 11.9. The van der Waals surface area contributed by atoms with Crippen molar-refractivity contribution in [3.8, 4) is 0 Å². The van der Waals surface area contributed by atoms with Gasteiger partial charge in [0.1, 0.15) is 0 Å². The highest BCUT2D eigenvalue weighted by molar-refractivity contribution is 6.33. The van der Waals surface area contributed by atoms with Crippen LogP contribution in [0, 0.1) is 0 Å². The van der Waals surface area contributed by atoms with Crippen LogP contribution in [-0.4, -0.2) is 23.1 Å². The summed E-state index contributed by atoms with van der Waals surface area (Å²) in [6.45, 7) is 15.1. The molecule has 2 aliphatic rings. The van der Waals surface area contributed by atoms with Gasteiger partial charge < -0.3 is 21.3 Å². The minimum atomic E-state index is -0.193. The number of hydrogen-bond acceptors (Lipinski definition) is 8. The Morgan fingerprint density at radius 3 is 0.838 bits per heavy atom. The fourth-order valence-corrected chi connectivity index (χ4v) is 8.31. The first-order valence-corrected chi connectivity index (χ1v) is 21.9. The number of rotatable bonds is 12. The summed E-state index contributed by atoms with van der Waals surface area (Å²) in [5, 5.41) is 13.3. The average molecular weight is 885 g/mol. The smallest absolute Gasteiger partial charge is 0.198 e. The van der Waals surface area contributed by atoms with Gasteiger partial charge in [-0.25, -0.2) is 0 Å². The Hall–Kier alpha value is -9.40. The molecular formula is C60H44N4O4. The third kappa shape index (κ3) is 8.60. The van der Waals surface area contributed by atoms with Gasteiger partial charge in [0, 0.05) is 45.0 Å². The molecular weight excluding hydrogens is 841 g/mol. The van der Waals surface area contributed by atoms with E-state index in [2.05, 4.69) is 47.6 Å². The molecule has 4 N–H and O–H groups in total. The SMILES string of the molecule is C=Cc1ccc(Nc2ccc(Nc3ccc(C=C)cc3)c3c2C(=O)c2ccccc2C3=O)cc1.C=Cc1ccc(Nc2cccc3c2C(=O)c2c(Nc4ccc(C=C)cc4)cccc2C3=O)cc1. The lowest BCUT2D eigenvalue weighted by Gasteiger charge is -2.24. The summed E-state index contributed by atoms with van der Waals surface area (Å²) >= 11 is 0. The largest absolute Gasteiger partial charge is 0.355 e. The Morgan fingerprint density at radius 2 is 0.544 bits per heavy atom. The van der Waals surface area contributed by atoms with E-state index in [4.69, 9.17) is 0 Å². The van der Waals surface area contributed by atoms with Gasteiger partial charge in [0.2, 0.25) is 0 Å². The quantitative estimate of drug-likeness (QED) is 0.0959. The maximum Gasteiger partial charge on any atom is 0.198 e. The van der Waals surface area contributed by atoms with Gasteiger partial charge in [0.25, 0.3) is 0 Å². The minimum absolute atomic E-state index is 0.166. The van der Waals surface area contributed by atoms with Crippen molar-refractivity contribution in [2.75, 3.05) is 21.3 Å². The van der Waals surface area contributed by atoms with Gasteiger partial charge in [-0.05, 0) is 95.1 Å². The molecule has 0 aromatic heterocycles. The van der Waals surface area contributed by atoms with Crippen molar-refractivity contribution in [2.45, 2.75) is 0 Å². The Morgan fingerprint density at radius 1 is 0.265 bits per heavy atom. The van der Waals surface area contributed by atoms with E-state index in [0.29, 0.717) is 67.3 Å². The molecule has 328 valence electrons. The van der Waals surface area contributed by atoms with Crippen LogP contribution in [0.5, 0.6) is 0 Å². The average Bonchev–Trinajstić information content (AvgIpc) is 3.38. The molecule has 0 saturated carbocycles. The molecule has 0 atom stereocenters. The molecule has 0 fully saturated rings. The number of hydrogen-bond donors (Lipinski definition) is 4. The van der Waals surface area contributed by atoms with Crippen molar-refractivity contribution in [1.82, 2.24) is 0 Å². The van der Waals surface area contributed by atoms with Crippen LogP contribution in [-0.2, 0) is 0 Å². The van der Waals surface area contributed by atoms with Crippen LogP contribution < -0.4 is 21.3 Å². The number of carbonyl (C=O) groups is 4. The van der Waals surface area contributed by atoms with Crippen molar-refractivity contribution in [2.24, 2.45) is 0 Å². The zero-order valence-electron chi connectivity index (χ0n) is 36.9. The lowest BCUT2D eigenvalue weighted by atomic mass is 9.82. The number of fused-ring (bicyclic) bond motifs is 4. The highest BCUT2D eigenvalue weighted by Gasteiger charge is 2.35. The summed E-state index contributed by atoms with van der Waals surface area (Å²) in [5.74, 6) is -0.718. The second-order valence-electron chi connectivity index (χ2n) is 16.0. The van der Waals surface area contributed by atoms with Crippen molar-refractivity contribution >= 4 is 92.9 Å².